The van der Waals surface area contributed by atoms with E-state index in [2.05, 4.69) is 27.6 Å². The third kappa shape index (κ3) is 4.39. The van der Waals surface area contributed by atoms with Gasteiger partial charge in [0.25, 0.3) is 0 Å². The number of hydrogen-bond donors (Lipinski definition) is 1. The fourth-order valence-electron chi connectivity index (χ4n) is 3.27. The average molecular weight is 413 g/mol. The largest absolute Gasteiger partial charge is 0.355 e. The van der Waals surface area contributed by atoms with E-state index in [9.17, 15) is 4.79 Å². The number of benzene rings is 2. The Hall–Kier alpha value is -2.31. The Kier molecular flexibility index (Phi) is 5.98. The van der Waals surface area contributed by atoms with E-state index in [1.807, 2.05) is 47.0 Å². The van der Waals surface area contributed by atoms with Gasteiger partial charge in [-0.15, -0.1) is 10.2 Å². The molecule has 4 rings (SSSR count). The molecular formula is C21H21ClN4OS. The van der Waals surface area contributed by atoms with Crippen LogP contribution in [0.15, 0.2) is 59.8 Å². The van der Waals surface area contributed by atoms with Crippen LogP contribution in [0.5, 0.6) is 0 Å². The lowest BCUT2D eigenvalue weighted by atomic mass is 10.1. The molecule has 0 spiro atoms. The molecule has 3 aromatic rings. The zero-order chi connectivity index (χ0) is 19.3. The fraction of sp³-hybridized carbons (Fsp3) is 0.286. The summed E-state index contributed by atoms with van der Waals surface area (Å²) in [5.41, 5.74) is 2.10. The van der Waals surface area contributed by atoms with Crippen molar-refractivity contribution in [3.05, 3.63) is 71.0 Å². The number of amides is 1. The topological polar surface area (TPSA) is 59.8 Å². The first kappa shape index (κ1) is 19.0. The van der Waals surface area contributed by atoms with Gasteiger partial charge in [0, 0.05) is 23.7 Å². The lowest BCUT2D eigenvalue weighted by Gasteiger charge is -2.14. The van der Waals surface area contributed by atoms with Gasteiger partial charge >= 0.3 is 0 Å². The van der Waals surface area contributed by atoms with E-state index in [0.717, 1.165) is 48.0 Å². The van der Waals surface area contributed by atoms with Gasteiger partial charge in [-0.25, -0.2) is 0 Å². The highest BCUT2D eigenvalue weighted by Gasteiger charge is 2.25. The molecule has 0 bridgehead atoms. The molecule has 1 aliphatic rings. The molecule has 1 atom stereocenters. The highest BCUT2D eigenvalue weighted by atomic mass is 35.5. The van der Waals surface area contributed by atoms with Crippen molar-refractivity contribution in [1.29, 1.82) is 0 Å². The molecule has 1 amide bonds. The van der Waals surface area contributed by atoms with Crippen LogP contribution in [-0.4, -0.2) is 32.5 Å². The molecule has 144 valence electrons. The molecule has 7 heteroatoms. The zero-order valence-electron chi connectivity index (χ0n) is 15.3. The molecule has 0 aliphatic carbocycles. The standard InChI is InChI=1S/C21H21ClN4OS/c22-16-9-11-17(12-10-16)26-19(14-15-6-2-1-3-7-15)24-25-21(26)28-18-8-4-5-13-23-20(18)27/h1-3,6-7,9-12,18H,4-5,8,13-14H2,(H,23,27). The maximum absolute atomic E-state index is 12.4. The molecule has 1 saturated heterocycles. The normalized spacial score (nSPS) is 17.2. The second-order valence-corrected chi connectivity index (χ2v) is 8.37. The first-order valence-electron chi connectivity index (χ1n) is 9.39. The van der Waals surface area contributed by atoms with Gasteiger partial charge in [0.05, 0.1) is 5.25 Å². The third-order valence-corrected chi connectivity index (χ3v) is 6.18. The lowest BCUT2D eigenvalue weighted by molar-refractivity contribution is -0.120. The number of carbonyl (C=O) groups is 1. The van der Waals surface area contributed by atoms with Crippen LogP contribution < -0.4 is 5.32 Å². The number of nitrogens with zero attached hydrogens (tertiary/aromatic N) is 3. The maximum atomic E-state index is 12.4. The number of hydrogen-bond acceptors (Lipinski definition) is 4. The lowest BCUT2D eigenvalue weighted by Crippen LogP contribution is -2.30. The van der Waals surface area contributed by atoms with E-state index in [1.54, 1.807) is 0 Å². The van der Waals surface area contributed by atoms with Gasteiger partial charge in [-0.1, -0.05) is 60.1 Å². The Balaban J connectivity index is 1.69. The van der Waals surface area contributed by atoms with E-state index < -0.39 is 0 Å². The Morgan fingerprint density at radius 2 is 1.86 bits per heavy atom. The maximum Gasteiger partial charge on any atom is 0.233 e. The summed E-state index contributed by atoms with van der Waals surface area (Å²) in [6.45, 7) is 0.749. The predicted molar refractivity (Wildman–Crippen MR) is 112 cm³/mol. The minimum Gasteiger partial charge on any atom is -0.355 e. The molecule has 1 unspecified atom stereocenters. The van der Waals surface area contributed by atoms with E-state index >= 15 is 0 Å². The molecule has 0 radical (unpaired) electrons. The number of aromatic nitrogens is 3. The van der Waals surface area contributed by atoms with Crippen LogP contribution in [0.1, 0.15) is 30.7 Å². The Morgan fingerprint density at radius 3 is 2.64 bits per heavy atom. The summed E-state index contributed by atoms with van der Waals surface area (Å²) < 4.78 is 2.03. The first-order chi connectivity index (χ1) is 13.7. The SMILES string of the molecule is O=C1NCCCCC1Sc1nnc(Cc2ccccc2)n1-c1ccc(Cl)cc1. The average Bonchev–Trinajstić information content (AvgIpc) is 2.98. The van der Waals surface area contributed by atoms with Crippen LogP contribution in [-0.2, 0) is 11.2 Å². The smallest absolute Gasteiger partial charge is 0.233 e. The summed E-state index contributed by atoms with van der Waals surface area (Å²) >= 11 is 7.56. The van der Waals surface area contributed by atoms with Gasteiger partial charge in [-0.2, -0.15) is 0 Å². The van der Waals surface area contributed by atoms with Crippen LogP contribution >= 0.6 is 23.4 Å². The van der Waals surface area contributed by atoms with Crippen molar-refractivity contribution in [3.8, 4) is 5.69 Å². The van der Waals surface area contributed by atoms with Crippen LogP contribution in [0.4, 0.5) is 0 Å². The van der Waals surface area contributed by atoms with Gasteiger partial charge in [0.1, 0.15) is 5.82 Å². The van der Waals surface area contributed by atoms with Crippen molar-refractivity contribution >= 4 is 29.3 Å². The quantitative estimate of drug-likeness (QED) is 0.679. The molecule has 2 aromatic carbocycles. The van der Waals surface area contributed by atoms with Crippen LogP contribution in [0, 0.1) is 0 Å². The number of nitrogens with one attached hydrogen (secondary N) is 1. The number of rotatable bonds is 5. The van der Waals surface area contributed by atoms with Crippen LogP contribution in [0.2, 0.25) is 5.02 Å². The fourth-order valence-corrected chi connectivity index (χ4v) is 4.53. The first-order valence-corrected chi connectivity index (χ1v) is 10.6. The summed E-state index contributed by atoms with van der Waals surface area (Å²) in [4.78, 5) is 12.4. The monoisotopic (exact) mass is 412 g/mol. The second kappa shape index (κ2) is 8.80. The van der Waals surface area contributed by atoms with Crippen molar-refractivity contribution in [3.63, 3.8) is 0 Å². The summed E-state index contributed by atoms with van der Waals surface area (Å²) in [6, 6.07) is 17.8. The molecule has 1 fully saturated rings. The highest BCUT2D eigenvalue weighted by molar-refractivity contribution is 8.00. The van der Waals surface area contributed by atoms with Gasteiger partial charge in [-0.05, 0) is 42.7 Å². The van der Waals surface area contributed by atoms with Gasteiger partial charge in [0.2, 0.25) is 5.91 Å². The van der Waals surface area contributed by atoms with Crippen molar-refractivity contribution in [2.24, 2.45) is 0 Å². The Morgan fingerprint density at radius 1 is 1.07 bits per heavy atom. The van der Waals surface area contributed by atoms with Crippen molar-refractivity contribution in [2.75, 3.05) is 6.54 Å². The highest BCUT2D eigenvalue weighted by Crippen LogP contribution is 2.30. The minimum atomic E-state index is -0.151. The Bertz CT molecular complexity index is 943. The molecular weight excluding hydrogens is 392 g/mol. The summed E-state index contributed by atoms with van der Waals surface area (Å²) in [5.74, 6) is 0.919. The molecule has 28 heavy (non-hydrogen) atoms. The van der Waals surface area contributed by atoms with Crippen LogP contribution in [0.3, 0.4) is 0 Å². The van der Waals surface area contributed by atoms with E-state index in [-0.39, 0.29) is 11.2 Å². The summed E-state index contributed by atoms with van der Waals surface area (Å²) in [7, 11) is 0. The van der Waals surface area contributed by atoms with Crippen molar-refractivity contribution < 1.29 is 4.79 Å². The van der Waals surface area contributed by atoms with Crippen LogP contribution in [0.25, 0.3) is 5.69 Å². The molecule has 2 heterocycles. The van der Waals surface area contributed by atoms with Crippen molar-refractivity contribution in [2.45, 2.75) is 36.1 Å². The zero-order valence-corrected chi connectivity index (χ0v) is 16.9. The third-order valence-electron chi connectivity index (χ3n) is 4.72. The summed E-state index contributed by atoms with van der Waals surface area (Å²) in [6.07, 6.45) is 3.56. The minimum absolute atomic E-state index is 0.0813. The predicted octanol–water partition coefficient (Wildman–Crippen LogP) is 4.27. The van der Waals surface area contributed by atoms with Gasteiger partial charge in [-0.3, -0.25) is 9.36 Å². The second-order valence-electron chi connectivity index (χ2n) is 6.77. The van der Waals surface area contributed by atoms with E-state index in [0.29, 0.717) is 11.4 Å². The van der Waals surface area contributed by atoms with E-state index in [1.165, 1.54) is 11.8 Å². The number of halogens is 1. The van der Waals surface area contributed by atoms with Crippen molar-refractivity contribution in [1.82, 2.24) is 20.1 Å². The van der Waals surface area contributed by atoms with Gasteiger partial charge in [0.15, 0.2) is 5.16 Å². The molecule has 5 nitrogen and oxygen atoms in total. The Labute approximate surface area is 173 Å². The molecule has 1 aromatic heterocycles. The summed E-state index contributed by atoms with van der Waals surface area (Å²) in [5, 5.41) is 13.1. The molecule has 0 saturated carbocycles. The number of carbonyl (C=O) groups excluding carboxylic acids is 1. The van der Waals surface area contributed by atoms with E-state index in [4.69, 9.17) is 11.6 Å². The number of thioether (sulfide) groups is 1. The molecule has 1 N–H and O–H groups in total. The molecule has 1 aliphatic heterocycles. The van der Waals surface area contributed by atoms with Gasteiger partial charge < -0.3 is 5.32 Å².